The van der Waals surface area contributed by atoms with E-state index in [-0.39, 0.29) is 6.42 Å². The molecule has 0 bridgehead atoms. The minimum atomic E-state index is -1.43. The van der Waals surface area contributed by atoms with Crippen molar-refractivity contribution in [2.75, 3.05) is 6.61 Å². The van der Waals surface area contributed by atoms with Crippen molar-refractivity contribution >= 4 is 17.8 Å². The first-order valence-corrected chi connectivity index (χ1v) is 6.52. The largest absolute Gasteiger partial charge is 0.480 e. The van der Waals surface area contributed by atoms with Crippen LogP contribution >= 0.6 is 0 Å². The summed E-state index contributed by atoms with van der Waals surface area (Å²) in [5.74, 6) is -2.66. The minimum Gasteiger partial charge on any atom is -0.480 e. The van der Waals surface area contributed by atoms with E-state index in [1.54, 1.807) is 0 Å². The molecule has 10 heteroatoms. The number of aliphatic hydroxyl groups is 1. The third-order valence-corrected chi connectivity index (χ3v) is 2.88. The summed E-state index contributed by atoms with van der Waals surface area (Å²) in [6, 6.07) is -3.30. The first-order valence-electron chi connectivity index (χ1n) is 6.52. The van der Waals surface area contributed by atoms with Gasteiger partial charge in [0.25, 0.3) is 0 Å². The van der Waals surface area contributed by atoms with E-state index in [4.69, 9.17) is 15.9 Å². The molecule has 22 heavy (non-hydrogen) atoms. The van der Waals surface area contributed by atoms with Crippen LogP contribution in [0.1, 0.15) is 12.6 Å². The Bertz CT molecular complexity index is 518. The van der Waals surface area contributed by atoms with E-state index in [2.05, 4.69) is 20.6 Å². The van der Waals surface area contributed by atoms with Crippen LogP contribution in [0.5, 0.6) is 0 Å². The number of carboxylic acids is 1. The normalized spacial score (nSPS) is 14.7. The lowest BCUT2D eigenvalue weighted by atomic mass is 10.1. The lowest BCUT2D eigenvalue weighted by Crippen LogP contribution is -2.54. The molecule has 0 aliphatic heterocycles. The zero-order valence-corrected chi connectivity index (χ0v) is 11.9. The second-order valence-corrected chi connectivity index (χ2v) is 4.70. The van der Waals surface area contributed by atoms with E-state index >= 15 is 0 Å². The molecule has 1 aromatic rings. The first-order chi connectivity index (χ1) is 10.3. The van der Waals surface area contributed by atoms with Crippen molar-refractivity contribution in [1.82, 2.24) is 20.6 Å². The van der Waals surface area contributed by atoms with Gasteiger partial charge in [0, 0.05) is 18.3 Å². The molecule has 0 spiro atoms. The summed E-state index contributed by atoms with van der Waals surface area (Å²) in [6.45, 7) is 0.632. The van der Waals surface area contributed by atoms with E-state index < -0.39 is 42.5 Å². The number of nitrogens with one attached hydrogen (secondary N) is 3. The second-order valence-electron chi connectivity index (χ2n) is 4.70. The molecule has 3 atom stereocenters. The molecule has 0 unspecified atom stereocenters. The Morgan fingerprint density at radius 3 is 2.55 bits per heavy atom. The third kappa shape index (κ3) is 5.14. The van der Waals surface area contributed by atoms with Crippen LogP contribution in [0, 0.1) is 0 Å². The van der Waals surface area contributed by atoms with E-state index in [1.165, 1.54) is 19.4 Å². The fourth-order valence-electron chi connectivity index (χ4n) is 1.59. The van der Waals surface area contributed by atoms with E-state index in [1.807, 2.05) is 0 Å². The molecular formula is C12H19N5O5. The van der Waals surface area contributed by atoms with Gasteiger partial charge in [0.05, 0.1) is 19.0 Å². The Balaban J connectivity index is 2.48. The van der Waals surface area contributed by atoms with Crippen LogP contribution in [0.2, 0.25) is 0 Å². The number of aliphatic hydroxyl groups excluding tert-OH is 1. The number of amides is 2. The Kier molecular flexibility index (Phi) is 6.47. The number of carbonyl (C=O) groups is 3. The Morgan fingerprint density at radius 2 is 2.05 bits per heavy atom. The van der Waals surface area contributed by atoms with Crippen molar-refractivity contribution in [3.63, 3.8) is 0 Å². The predicted molar refractivity (Wildman–Crippen MR) is 74.5 cm³/mol. The van der Waals surface area contributed by atoms with Crippen molar-refractivity contribution in [1.29, 1.82) is 0 Å². The van der Waals surface area contributed by atoms with Gasteiger partial charge in [0.2, 0.25) is 11.8 Å². The van der Waals surface area contributed by atoms with Gasteiger partial charge in [-0.25, -0.2) is 9.78 Å². The Labute approximate surface area is 126 Å². The molecule has 0 saturated heterocycles. The van der Waals surface area contributed by atoms with Crippen molar-refractivity contribution in [2.45, 2.75) is 31.5 Å². The standard InChI is InChI=1S/C12H19N5O5/c1-6(10(19)17-9(4-18)12(21)22)16-11(20)8(13)2-7-3-14-5-15-7/h3,5-6,8-9,18H,2,4,13H2,1H3,(H,14,15)(H,16,20)(H,17,19)(H,21,22)/t6-,8-,9-/m0/s1. The van der Waals surface area contributed by atoms with Crippen molar-refractivity contribution in [2.24, 2.45) is 5.73 Å². The van der Waals surface area contributed by atoms with E-state index in [0.717, 1.165) is 0 Å². The Morgan fingerprint density at radius 1 is 1.36 bits per heavy atom. The SMILES string of the molecule is C[C@H](NC(=O)[C@@H](N)Cc1cnc[nH]1)C(=O)N[C@@H](CO)C(=O)O. The maximum absolute atomic E-state index is 11.9. The number of carboxylic acid groups (broad SMARTS) is 1. The van der Waals surface area contributed by atoms with Crippen LogP contribution in [-0.4, -0.2) is 62.7 Å². The molecule has 0 aliphatic rings. The number of rotatable bonds is 8. The fraction of sp³-hybridized carbons (Fsp3) is 0.500. The number of aromatic nitrogens is 2. The van der Waals surface area contributed by atoms with Gasteiger partial charge in [-0.05, 0) is 6.92 Å². The molecule has 1 rings (SSSR count). The molecule has 1 aromatic heterocycles. The summed E-state index contributed by atoms with van der Waals surface area (Å²) in [7, 11) is 0. The number of nitrogens with zero attached hydrogens (tertiary/aromatic N) is 1. The number of hydrogen-bond acceptors (Lipinski definition) is 6. The third-order valence-electron chi connectivity index (χ3n) is 2.88. The summed E-state index contributed by atoms with van der Waals surface area (Å²) >= 11 is 0. The monoisotopic (exact) mass is 313 g/mol. The van der Waals surface area contributed by atoms with Gasteiger partial charge in [-0.3, -0.25) is 9.59 Å². The average molecular weight is 313 g/mol. The topological polar surface area (TPSA) is 170 Å². The highest BCUT2D eigenvalue weighted by Gasteiger charge is 2.24. The first kappa shape index (κ1) is 17.6. The quantitative estimate of drug-likeness (QED) is 0.304. The number of imidazole rings is 1. The zero-order valence-electron chi connectivity index (χ0n) is 11.9. The van der Waals surface area contributed by atoms with Crippen LogP contribution in [0.25, 0.3) is 0 Å². The molecule has 0 fully saturated rings. The molecule has 0 radical (unpaired) electrons. The number of hydrogen-bond donors (Lipinski definition) is 6. The smallest absolute Gasteiger partial charge is 0.328 e. The molecule has 2 amide bonds. The van der Waals surface area contributed by atoms with Crippen molar-refractivity contribution < 1.29 is 24.6 Å². The van der Waals surface area contributed by atoms with Gasteiger partial charge < -0.3 is 31.6 Å². The van der Waals surface area contributed by atoms with Gasteiger partial charge in [-0.1, -0.05) is 0 Å². The van der Waals surface area contributed by atoms with Crippen LogP contribution in [0.15, 0.2) is 12.5 Å². The van der Waals surface area contributed by atoms with Gasteiger partial charge in [0.1, 0.15) is 12.1 Å². The summed E-state index contributed by atoms with van der Waals surface area (Å²) in [5, 5.41) is 22.0. The van der Waals surface area contributed by atoms with Crippen LogP contribution in [0.4, 0.5) is 0 Å². The Hall–Kier alpha value is -2.46. The maximum atomic E-state index is 11.9. The predicted octanol–water partition coefficient (Wildman–Crippen LogP) is -2.65. The van der Waals surface area contributed by atoms with Crippen LogP contribution in [0.3, 0.4) is 0 Å². The molecule has 0 aliphatic carbocycles. The van der Waals surface area contributed by atoms with Crippen LogP contribution in [-0.2, 0) is 20.8 Å². The number of H-pyrrole nitrogens is 1. The second kappa shape index (κ2) is 8.10. The number of aromatic amines is 1. The summed E-state index contributed by atoms with van der Waals surface area (Å²) in [5.41, 5.74) is 6.38. The molecule has 0 saturated carbocycles. The summed E-state index contributed by atoms with van der Waals surface area (Å²) in [6.07, 6.45) is 3.20. The van der Waals surface area contributed by atoms with Gasteiger partial charge in [-0.15, -0.1) is 0 Å². The van der Waals surface area contributed by atoms with Gasteiger partial charge in [0.15, 0.2) is 0 Å². The highest BCUT2D eigenvalue weighted by atomic mass is 16.4. The fourth-order valence-corrected chi connectivity index (χ4v) is 1.59. The summed E-state index contributed by atoms with van der Waals surface area (Å²) < 4.78 is 0. The highest BCUT2D eigenvalue weighted by molar-refractivity contribution is 5.91. The minimum absolute atomic E-state index is 0.217. The van der Waals surface area contributed by atoms with Gasteiger partial charge in [-0.2, -0.15) is 0 Å². The average Bonchev–Trinajstić information content (AvgIpc) is 2.96. The zero-order chi connectivity index (χ0) is 16.7. The molecule has 122 valence electrons. The van der Waals surface area contributed by atoms with E-state index in [9.17, 15) is 14.4 Å². The van der Waals surface area contributed by atoms with E-state index in [0.29, 0.717) is 5.69 Å². The number of nitrogens with two attached hydrogens (primary N) is 1. The summed E-state index contributed by atoms with van der Waals surface area (Å²) in [4.78, 5) is 40.9. The molecule has 10 nitrogen and oxygen atoms in total. The number of carbonyl (C=O) groups excluding carboxylic acids is 2. The lowest BCUT2D eigenvalue weighted by Gasteiger charge is -2.19. The van der Waals surface area contributed by atoms with Crippen molar-refractivity contribution in [3.05, 3.63) is 18.2 Å². The van der Waals surface area contributed by atoms with Crippen molar-refractivity contribution in [3.8, 4) is 0 Å². The number of aliphatic carboxylic acids is 1. The molecule has 0 aromatic carbocycles. The highest BCUT2D eigenvalue weighted by Crippen LogP contribution is 1.97. The lowest BCUT2D eigenvalue weighted by molar-refractivity contribution is -0.143. The molecule has 7 N–H and O–H groups in total. The molecular weight excluding hydrogens is 294 g/mol. The van der Waals surface area contributed by atoms with Gasteiger partial charge >= 0.3 is 5.97 Å². The maximum Gasteiger partial charge on any atom is 0.328 e. The molecule has 1 heterocycles. The van der Waals surface area contributed by atoms with Crippen LogP contribution < -0.4 is 16.4 Å².